The molecule has 6 nitrogen and oxygen atoms in total. The van der Waals surface area contributed by atoms with Crippen molar-refractivity contribution in [3.05, 3.63) is 94.6 Å². The summed E-state index contributed by atoms with van der Waals surface area (Å²) in [6.07, 6.45) is 0.867. The molecule has 3 aromatic rings. The van der Waals surface area contributed by atoms with Crippen LogP contribution in [0.5, 0.6) is 5.75 Å². The molecule has 3 aromatic carbocycles. The van der Waals surface area contributed by atoms with Crippen LogP contribution in [0, 0.1) is 6.92 Å². The summed E-state index contributed by atoms with van der Waals surface area (Å²) in [5.74, 6) is -0.841. The molecule has 38 heavy (non-hydrogen) atoms. The first kappa shape index (κ1) is 27.0. The molecular weight excluding hydrogens is 476 g/mol. The van der Waals surface area contributed by atoms with Gasteiger partial charge in [0.15, 0.2) is 0 Å². The van der Waals surface area contributed by atoms with Crippen molar-refractivity contribution >= 4 is 28.8 Å². The van der Waals surface area contributed by atoms with Gasteiger partial charge in [-0.1, -0.05) is 31.2 Å². The predicted octanol–water partition coefficient (Wildman–Crippen LogP) is 6.43. The lowest BCUT2D eigenvalue weighted by molar-refractivity contribution is -0.132. The minimum absolute atomic E-state index is 0.0775. The summed E-state index contributed by atoms with van der Waals surface area (Å²) >= 11 is 0. The van der Waals surface area contributed by atoms with Gasteiger partial charge in [-0.05, 0) is 93.3 Å². The van der Waals surface area contributed by atoms with E-state index in [0.717, 1.165) is 41.9 Å². The van der Waals surface area contributed by atoms with E-state index in [-0.39, 0.29) is 11.3 Å². The molecule has 0 aliphatic carbocycles. The maximum atomic E-state index is 13.5. The SMILES string of the molecule is CCOc1ccc(/C(O)=C2/C(=O)C(=O)N(c3ccc(CC)cc3)C2c2ccc(N(CC)CC)cc2)cc1C. The van der Waals surface area contributed by atoms with Crippen molar-refractivity contribution in [2.24, 2.45) is 0 Å². The Balaban J connectivity index is 1.87. The standard InChI is InChI=1S/C32H36N2O4/c1-6-22-10-15-26(16-11-22)34-29(23-12-17-25(18-13-23)33(7-2)8-3)28(31(36)32(34)37)30(35)24-14-19-27(38-9-4)21(5)20-24/h10-20,29,35H,6-9H2,1-5H3/b30-28-. The van der Waals surface area contributed by atoms with Crippen molar-refractivity contribution in [1.82, 2.24) is 0 Å². The molecule has 0 radical (unpaired) electrons. The molecule has 0 spiro atoms. The third kappa shape index (κ3) is 5.03. The Bertz CT molecular complexity index is 1340. The van der Waals surface area contributed by atoms with E-state index in [1.165, 1.54) is 4.90 Å². The molecule has 6 heteroatoms. The number of aliphatic hydroxyl groups excluding tert-OH is 1. The van der Waals surface area contributed by atoms with Gasteiger partial charge in [0.2, 0.25) is 0 Å². The number of aryl methyl sites for hydroxylation is 2. The zero-order chi connectivity index (χ0) is 27.4. The summed E-state index contributed by atoms with van der Waals surface area (Å²) in [6.45, 7) is 12.3. The fourth-order valence-electron chi connectivity index (χ4n) is 5.03. The minimum Gasteiger partial charge on any atom is -0.507 e. The number of rotatable bonds is 9. The summed E-state index contributed by atoms with van der Waals surface area (Å²) in [6, 6.07) is 20.1. The van der Waals surface area contributed by atoms with E-state index in [1.807, 2.05) is 62.4 Å². The first-order chi connectivity index (χ1) is 18.3. The smallest absolute Gasteiger partial charge is 0.300 e. The summed E-state index contributed by atoms with van der Waals surface area (Å²) in [7, 11) is 0. The molecule has 1 unspecified atom stereocenters. The van der Waals surface area contributed by atoms with Gasteiger partial charge in [0.1, 0.15) is 11.5 Å². The summed E-state index contributed by atoms with van der Waals surface area (Å²) in [5, 5.41) is 11.5. The number of Topliss-reactive ketones (excluding diaryl/α,β-unsaturated/α-hetero) is 1. The number of hydrogen-bond donors (Lipinski definition) is 1. The fraction of sp³-hybridized carbons (Fsp3) is 0.312. The normalized spacial score (nSPS) is 16.7. The van der Waals surface area contributed by atoms with Gasteiger partial charge in [0.05, 0.1) is 18.2 Å². The quantitative estimate of drug-likeness (QED) is 0.203. The second kappa shape index (κ2) is 11.5. The van der Waals surface area contributed by atoms with Gasteiger partial charge in [-0.25, -0.2) is 0 Å². The van der Waals surface area contributed by atoms with Crippen molar-refractivity contribution < 1.29 is 19.4 Å². The van der Waals surface area contributed by atoms with Gasteiger partial charge in [0, 0.05) is 30.0 Å². The van der Waals surface area contributed by atoms with Crippen LogP contribution in [0.2, 0.25) is 0 Å². The van der Waals surface area contributed by atoms with E-state index >= 15 is 0 Å². The monoisotopic (exact) mass is 512 g/mol. The zero-order valence-electron chi connectivity index (χ0n) is 22.8. The van der Waals surface area contributed by atoms with Gasteiger partial charge in [-0.2, -0.15) is 0 Å². The number of nitrogens with zero attached hydrogens (tertiary/aromatic N) is 2. The molecule has 1 fully saturated rings. The lowest BCUT2D eigenvalue weighted by Gasteiger charge is -2.27. The van der Waals surface area contributed by atoms with E-state index in [0.29, 0.717) is 23.6 Å². The van der Waals surface area contributed by atoms with Crippen LogP contribution >= 0.6 is 0 Å². The molecule has 1 aliphatic rings. The van der Waals surface area contributed by atoms with E-state index < -0.39 is 17.7 Å². The molecule has 0 aromatic heterocycles. The van der Waals surface area contributed by atoms with Crippen LogP contribution in [0.25, 0.3) is 5.76 Å². The number of benzene rings is 3. The summed E-state index contributed by atoms with van der Waals surface area (Å²) in [5.41, 5.74) is 4.94. The van der Waals surface area contributed by atoms with E-state index in [4.69, 9.17) is 4.74 Å². The second-order valence-corrected chi connectivity index (χ2v) is 9.37. The highest BCUT2D eigenvalue weighted by Gasteiger charge is 2.47. The lowest BCUT2D eigenvalue weighted by Crippen LogP contribution is -2.29. The van der Waals surface area contributed by atoms with Crippen molar-refractivity contribution in [2.75, 3.05) is 29.5 Å². The first-order valence-corrected chi connectivity index (χ1v) is 13.3. The highest BCUT2D eigenvalue weighted by molar-refractivity contribution is 6.51. The summed E-state index contributed by atoms with van der Waals surface area (Å²) < 4.78 is 5.64. The van der Waals surface area contributed by atoms with Crippen LogP contribution in [-0.4, -0.2) is 36.5 Å². The average Bonchev–Trinajstić information content (AvgIpc) is 3.20. The van der Waals surface area contributed by atoms with Crippen LogP contribution < -0.4 is 14.5 Å². The second-order valence-electron chi connectivity index (χ2n) is 9.37. The Hall–Kier alpha value is -4.06. The average molecular weight is 513 g/mol. The molecule has 1 heterocycles. The number of carbonyl (C=O) groups excluding carboxylic acids is 2. The molecule has 0 bridgehead atoms. The number of hydrogen-bond acceptors (Lipinski definition) is 5. The van der Waals surface area contributed by atoms with E-state index in [1.54, 1.807) is 18.2 Å². The maximum Gasteiger partial charge on any atom is 0.300 e. The van der Waals surface area contributed by atoms with Gasteiger partial charge >= 0.3 is 0 Å². The molecule has 1 N–H and O–H groups in total. The van der Waals surface area contributed by atoms with E-state index in [9.17, 15) is 14.7 Å². The van der Waals surface area contributed by atoms with Gasteiger partial charge < -0.3 is 14.7 Å². The Morgan fingerprint density at radius 2 is 1.58 bits per heavy atom. The Morgan fingerprint density at radius 1 is 0.921 bits per heavy atom. The predicted molar refractivity (Wildman–Crippen MR) is 153 cm³/mol. The molecule has 1 atom stereocenters. The summed E-state index contributed by atoms with van der Waals surface area (Å²) in [4.78, 5) is 30.7. The number of carbonyl (C=O) groups is 2. The lowest BCUT2D eigenvalue weighted by atomic mass is 9.94. The third-order valence-electron chi connectivity index (χ3n) is 7.15. The fourth-order valence-corrected chi connectivity index (χ4v) is 5.03. The molecule has 198 valence electrons. The Morgan fingerprint density at radius 3 is 2.13 bits per heavy atom. The number of ether oxygens (including phenoxy) is 1. The maximum absolute atomic E-state index is 13.5. The van der Waals surface area contributed by atoms with Crippen LogP contribution in [-0.2, 0) is 16.0 Å². The molecule has 1 amide bonds. The number of amides is 1. The van der Waals surface area contributed by atoms with Crippen molar-refractivity contribution in [3.8, 4) is 5.75 Å². The van der Waals surface area contributed by atoms with Crippen LogP contribution in [0.1, 0.15) is 56.0 Å². The number of anilines is 2. The van der Waals surface area contributed by atoms with Crippen LogP contribution in [0.3, 0.4) is 0 Å². The third-order valence-corrected chi connectivity index (χ3v) is 7.15. The molecule has 1 saturated heterocycles. The van der Waals surface area contributed by atoms with Gasteiger partial charge in [-0.3, -0.25) is 14.5 Å². The highest BCUT2D eigenvalue weighted by Crippen LogP contribution is 2.43. The molecule has 4 rings (SSSR count). The largest absolute Gasteiger partial charge is 0.507 e. The van der Waals surface area contributed by atoms with Gasteiger partial charge in [-0.15, -0.1) is 0 Å². The number of aliphatic hydroxyl groups is 1. The highest BCUT2D eigenvalue weighted by atomic mass is 16.5. The molecule has 0 saturated carbocycles. The van der Waals surface area contributed by atoms with Crippen LogP contribution in [0.15, 0.2) is 72.3 Å². The van der Waals surface area contributed by atoms with E-state index in [2.05, 4.69) is 25.7 Å². The topological polar surface area (TPSA) is 70.1 Å². The van der Waals surface area contributed by atoms with Crippen molar-refractivity contribution in [3.63, 3.8) is 0 Å². The first-order valence-electron chi connectivity index (χ1n) is 13.3. The number of ketones is 1. The van der Waals surface area contributed by atoms with Crippen molar-refractivity contribution in [2.45, 2.75) is 47.1 Å². The zero-order valence-corrected chi connectivity index (χ0v) is 22.8. The molecular formula is C32H36N2O4. The van der Waals surface area contributed by atoms with Crippen molar-refractivity contribution in [1.29, 1.82) is 0 Å². The van der Waals surface area contributed by atoms with Gasteiger partial charge in [0.25, 0.3) is 11.7 Å². The molecule has 1 aliphatic heterocycles. The Labute approximate surface area is 225 Å². The van der Waals surface area contributed by atoms with Crippen LogP contribution in [0.4, 0.5) is 11.4 Å². The minimum atomic E-state index is -0.764. The Kier molecular flexibility index (Phi) is 8.20.